The second kappa shape index (κ2) is 43.0. The van der Waals surface area contributed by atoms with E-state index in [9.17, 15) is 61.0 Å². The highest BCUT2D eigenvalue weighted by molar-refractivity contribution is 5.76. The van der Waals surface area contributed by atoms with E-state index >= 15 is 0 Å². The molecule has 17 unspecified atom stereocenters. The number of amides is 1. The van der Waals surface area contributed by atoms with E-state index < -0.39 is 124 Å². The predicted octanol–water partition coefficient (Wildman–Crippen LogP) is 5.54. The lowest BCUT2D eigenvalue weighted by molar-refractivity contribution is -0.379. The molecule has 0 radical (unpaired) electrons. The summed E-state index contributed by atoms with van der Waals surface area (Å²) < 4.78 is 34.1. The summed E-state index contributed by atoms with van der Waals surface area (Å²) in [5, 5.41) is 120. The monoisotopic (exact) mass is 1120 g/mol. The van der Waals surface area contributed by atoms with Gasteiger partial charge in [0.2, 0.25) is 5.91 Å². The molecule has 3 aliphatic heterocycles. The van der Waals surface area contributed by atoms with Crippen LogP contribution in [-0.2, 0) is 33.2 Å². The summed E-state index contributed by atoms with van der Waals surface area (Å²) in [7, 11) is 0. The van der Waals surface area contributed by atoms with Gasteiger partial charge in [0.15, 0.2) is 18.9 Å². The Bertz CT molecular complexity index is 1530. The first-order valence-electron chi connectivity index (χ1n) is 30.6. The summed E-state index contributed by atoms with van der Waals surface area (Å²) in [5.74, 6) is -0.280. The van der Waals surface area contributed by atoms with Crippen molar-refractivity contribution in [3.63, 3.8) is 0 Å². The molecule has 3 heterocycles. The minimum atomic E-state index is -1.97. The van der Waals surface area contributed by atoms with Crippen LogP contribution in [0.15, 0.2) is 24.3 Å². The lowest BCUT2D eigenvalue weighted by Gasteiger charge is -2.48. The summed E-state index contributed by atoms with van der Waals surface area (Å²) in [6.45, 7) is 1.63. The van der Waals surface area contributed by atoms with Crippen LogP contribution >= 0.6 is 0 Å². The van der Waals surface area contributed by atoms with Gasteiger partial charge in [-0.2, -0.15) is 0 Å². The predicted molar refractivity (Wildman–Crippen MR) is 296 cm³/mol. The van der Waals surface area contributed by atoms with Gasteiger partial charge < -0.3 is 89.9 Å². The highest BCUT2D eigenvalue weighted by atomic mass is 16.8. The molecular weight excluding hydrogens is 1010 g/mol. The third kappa shape index (κ3) is 26.7. The zero-order valence-corrected chi connectivity index (χ0v) is 47.7. The molecule has 0 saturated carbocycles. The SMILES string of the molecule is CCCCCC/C=C/C(O)C(COC1OC(CO)C(OC2OC(CO)C(OC3OC(CO)C(O)C(O)C3O)C(O)C2O)C(O)C1O)NC(=O)CCCCCCCCCCCCCCCCC/C=C\CCCCCCCCCC. The van der Waals surface area contributed by atoms with E-state index in [1.54, 1.807) is 6.08 Å². The maximum Gasteiger partial charge on any atom is 0.220 e. The van der Waals surface area contributed by atoms with Crippen molar-refractivity contribution in [2.45, 2.75) is 317 Å². The number of unbranched alkanes of at least 4 members (excludes halogenated alkanes) is 27. The zero-order chi connectivity index (χ0) is 56.9. The molecule has 3 saturated heterocycles. The van der Waals surface area contributed by atoms with Gasteiger partial charge in [-0.25, -0.2) is 0 Å². The highest BCUT2D eigenvalue weighted by Crippen LogP contribution is 2.33. The molecule has 17 atom stereocenters. The van der Waals surface area contributed by atoms with Crippen LogP contribution < -0.4 is 5.32 Å². The first kappa shape index (κ1) is 70.5. The Kier molecular flexibility index (Phi) is 38.9. The number of carbonyl (C=O) groups excluding carboxylic acids is 1. The molecule has 0 aromatic rings. The van der Waals surface area contributed by atoms with Gasteiger partial charge in [0.1, 0.15) is 73.2 Å². The fraction of sp³-hybridized carbons (Fsp3) is 0.915. The Morgan fingerprint density at radius 1 is 0.449 bits per heavy atom. The molecule has 19 nitrogen and oxygen atoms in total. The lowest BCUT2D eigenvalue weighted by atomic mass is 9.96. The molecular formula is C59H109NO18. The summed E-state index contributed by atoms with van der Waals surface area (Å²) in [5.41, 5.74) is 0. The van der Waals surface area contributed by atoms with Crippen LogP contribution in [0.2, 0.25) is 0 Å². The standard InChI is InChI=1S/C59H109NO18/c1-3-5-7-9-11-12-13-14-15-16-17-18-19-20-21-22-23-24-25-26-27-28-29-30-31-33-35-37-47(65)60-42(43(64)36-34-32-10-8-6-4-2)41-73-57-53(71)50(68)55(45(39-62)75-57)78-59-54(72)51(69)56(46(40-63)76-59)77-58-52(70)49(67)48(66)44(38-61)74-58/h16-17,34,36,42-46,48-59,61-64,66-72H,3-15,18-33,35,37-41H2,1-2H3,(H,60,65)/b17-16-,36-34+. The highest BCUT2D eigenvalue weighted by Gasteiger charge is 2.53. The maximum absolute atomic E-state index is 13.2. The fourth-order valence-corrected chi connectivity index (χ4v) is 10.4. The van der Waals surface area contributed by atoms with Crippen molar-refractivity contribution in [1.29, 1.82) is 0 Å². The minimum absolute atomic E-state index is 0.245. The Labute approximate surface area is 467 Å². The van der Waals surface area contributed by atoms with Crippen LogP contribution in [-0.4, -0.2) is 193 Å². The van der Waals surface area contributed by atoms with Crippen LogP contribution in [0.3, 0.4) is 0 Å². The van der Waals surface area contributed by atoms with Crippen molar-refractivity contribution < 1.29 is 89.4 Å². The van der Waals surface area contributed by atoms with Crippen molar-refractivity contribution in [1.82, 2.24) is 5.32 Å². The lowest BCUT2D eigenvalue weighted by Crippen LogP contribution is -2.66. The van der Waals surface area contributed by atoms with Crippen molar-refractivity contribution in [2.75, 3.05) is 26.4 Å². The zero-order valence-electron chi connectivity index (χ0n) is 47.7. The summed E-state index contributed by atoms with van der Waals surface area (Å²) in [6, 6.07) is -0.966. The van der Waals surface area contributed by atoms with Gasteiger partial charge in [-0.15, -0.1) is 0 Å². The summed E-state index contributed by atoms with van der Waals surface area (Å²) in [6.07, 6.45) is 18.1. The molecule has 78 heavy (non-hydrogen) atoms. The number of carbonyl (C=O) groups is 1. The molecule has 458 valence electrons. The van der Waals surface area contributed by atoms with Crippen molar-refractivity contribution in [3.05, 3.63) is 24.3 Å². The second-order valence-corrected chi connectivity index (χ2v) is 22.2. The average molecular weight is 1120 g/mol. The molecule has 0 aromatic heterocycles. The fourth-order valence-electron chi connectivity index (χ4n) is 10.4. The largest absolute Gasteiger partial charge is 0.394 e. The molecule has 0 aliphatic carbocycles. The third-order valence-electron chi connectivity index (χ3n) is 15.5. The number of nitrogens with one attached hydrogen (secondary N) is 1. The van der Waals surface area contributed by atoms with Crippen LogP contribution in [0.4, 0.5) is 0 Å². The van der Waals surface area contributed by atoms with E-state index in [0.717, 1.165) is 51.4 Å². The van der Waals surface area contributed by atoms with E-state index in [-0.39, 0.29) is 18.9 Å². The number of hydrogen-bond acceptors (Lipinski definition) is 18. The number of rotatable bonds is 45. The number of hydrogen-bond donors (Lipinski definition) is 12. The van der Waals surface area contributed by atoms with Gasteiger partial charge in [0.05, 0.1) is 38.6 Å². The molecule has 3 aliphatic rings. The van der Waals surface area contributed by atoms with Crippen LogP contribution in [0.5, 0.6) is 0 Å². The second-order valence-electron chi connectivity index (χ2n) is 22.2. The van der Waals surface area contributed by atoms with Crippen LogP contribution in [0.25, 0.3) is 0 Å². The topological polar surface area (TPSA) is 307 Å². The van der Waals surface area contributed by atoms with Gasteiger partial charge in [-0.3, -0.25) is 4.79 Å². The Hall–Kier alpha value is -1.73. The molecule has 3 fully saturated rings. The van der Waals surface area contributed by atoms with Crippen LogP contribution in [0, 0.1) is 0 Å². The minimum Gasteiger partial charge on any atom is -0.394 e. The van der Waals surface area contributed by atoms with E-state index in [4.69, 9.17) is 28.4 Å². The molecule has 12 N–H and O–H groups in total. The Morgan fingerprint density at radius 2 is 0.808 bits per heavy atom. The van der Waals surface area contributed by atoms with Gasteiger partial charge in [0, 0.05) is 6.42 Å². The van der Waals surface area contributed by atoms with E-state index in [0.29, 0.717) is 6.42 Å². The van der Waals surface area contributed by atoms with Gasteiger partial charge in [-0.05, 0) is 44.9 Å². The van der Waals surface area contributed by atoms with Gasteiger partial charge in [0.25, 0.3) is 0 Å². The number of allylic oxidation sites excluding steroid dienone is 3. The molecule has 1 amide bonds. The Balaban J connectivity index is 1.36. The normalized spacial score (nSPS) is 30.6. The van der Waals surface area contributed by atoms with E-state index in [1.165, 1.54) is 135 Å². The first-order chi connectivity index (χ1) is 37.8. The number of ether oxygens (including phenoxy) is 6. The van der Waals surface area contributed by atoms with Gasteiger partial charge in [-0.1, -0.05) is 186 Å². The van der Waals surface area contributed by atoms with E-state index in [2.05, 4.69) is 31.3 Å². The Morgan fingerprint density at radius 3 is 1.26 bits per heavy atom. The quantitative estimate of drug-likeness (QED) is 0.0263. The molecule has 0 bridgehead atoms. The number of aliphatic hydroxyl groups excluding tert-OH is 11. The molecule has 19 heteroatoms. The van der Waals surface area contributed by atoms with Crippen molar-refractivity contribution in [3.8, 4) is 0 Å². The maximum atomic E-state index is 13.2. The average Bonchev–Trinajstić information content (AvgIpc) is 3.47. The van der Waals surface area contributed by atoms with Crippen LogP contribution in [0.1, 0.15) is 213 Å². The van der Waals surface area contributed by atoms with E-state index in [1.807, 2.05) is 6.08 Å². The smallest absolute Gasteiger partial charge is 0.220 e. The summed E-state index contributed by atoms with van der Waals surface area (Å²) in [4.78, 5) is 13.2. The first-order valence-corrected chi connectivity index (χ1v) is 30.6. The van der Waals surface area contributed by atoms with Crippen molar-refractivity contribution in [2.24, 2.45) is 0 Å². The third-order valence-corrected chi connectivity index (χ3v) is 15.5. The van der Waals surface area contributed by atoms with Gasteiger partial charge >= 0.3 is 0 Å². The molecule has 3 rings (SSSR count). The number of aliphatic hydroxyl groups is 11. The summed E-state index contributed by atoms with van der Waals surface area (Å²) >= 11 is 0. The molecule has 0 aromatic carbocycles. The molecule has 0 spiro atoms. The van der Waals surface area contributed by atoms with Crippen molar-refractivity contribution >= 4 is 5.91 Å².